The van der Waals surface area contributed by atoms with Crippen LogP contribution in [0.4, 0.5) is 4.39 Å². The lowest BCUT2D eigenvalue weighted by atomic mass is 10.1. The number of benzene rings is 2. The average Bonchev–Trinajstić information content (AvgIpc) is 3.09. The summed E-state index contributed by atoms with van der Waals surface area (Å²) in [7, 11) is 0. The Morgan fingerprint density at radius 1 is 1.03 bits per heavy atom. The molecule has 30 heavy (non-hydrogen) atoms. The maximum atomic E-state index is 14.5. The average molecular weight is 426 g/mol. The van der Waals surface area contributed by atoms with Crippen molar-refractivity contribution in [1.82, 2.24) is 15.0 Å². The molecule has 0 aliphatic rings. The lowest BCUT2D eigenvalue weighted by Crippen LogP contribution is -2.10. The van der Waals surface area contributed by atoms with Crippen molar-refractivity contribution in [3.63, 3.8) is 0 Å². The van der Waals surface area contributed by atoms with Gasteiger partial charge in [0.2, 0.25) is 5.88 Å². The van der Waals surface area contributed by atoms with Crippen LogP contribution in [0.5, 0.6) is 11.6 Å². The van der Waals surface area contributed by atoms with Gasteiger partial charge in [-0.25, -0.2) is 19.3 Å². The highest BCUT2D eigenvalue weighted by Crippen LogP contribution is 2.37. The van der Waals surface area contributed by atoms with Crippen molar-refractivity contribution in [2.24, 2.45) is 0 Å². The van der Waals surface area contributed by atoms with Crippen LogP contribution in [0.2, 0.25) is 0 Å². The van der Waals surface area contributed by atoms with Crippen LogP contribution in [0, 0.1) is 12.7 Å². The van der Waals surface area contributed by atoms with Gasteiger partial charge in [-0.2, -0.15) is 0 Å². The van der Waals surface area contributed by atoms with E-state index in [9.17, 15) is 4.39 Å². The smallest absolute Gasteiger partial charge is 0.233 e. The molecule has 4 rings (SSSR count). The summed E-state index contributed by atoms with van der Waals surface area (Å²) in [6.07, 6.45) is 2.41. The second kappa shape index (κ2) is 8.14. The molecular formula is C23H24FN3O2S. The number of aryl methyl sites for hydroxylation is 1. The fourth-order valence-corrected chi connectivity index (χ4v) is 4.14. The number of thiazole rings is 1. The van der Waals surface area contributed by atoms with Gasteiger partial charge in [-0.3, -0.25) is 0 Å². The van der Waals surface area contributed by atoms with Gasteiger partial charge in [-0.1, -0.05) is 6.92 Å². The van der Waals surface area contributed by atoms with Gasteiger partial charge >= 0.3 is 0 Å². The van der Waals surface area contributed by atoms with Crippen molar-refractivity contribution >= 4 is 32.6 Å². The molecule has 0 saturated carbocycles. The minimum absolute atomic E-state index is 0.0204. The summed E-state index contributed by atoms with van der Waals surface area (Å²) in [5.74, 6) is 0.354. The third-order valence-corrected chi connectivity index (χ3v) is 5.75. The van der Waals surface area contributed by atoms with Gasteiger partial charge in [0.25, 0.3) is 0 Å². The van der Waals surface area contributed by atoms with Crippen LogP contribution in [0.1, 0.15) is 39.7 Å². The fourth-order valence-electron chi connectivity index (χ4n) is 3.14. The molecule has 156 valence electrons. The minimum atomic E-state index is -0.399. The van der Waals surface area contributed by atoms with E-state index in [1.807, 2.05) is 46.8 Å². The van der Waals surface area contributed by atoms with Crippen LogP contribution < -0.4 is 9.47 Å². The summed E-state index contributed by atoms with van der Waals surface area (Å²) in [6.45, 7) is 9.84. The van der Waals surface area contributed by atoms with Gasteiger partial charge in [0.15, 0.2) is 11.6 Å². The van der Waals surface area contributed by atoms with Crippen LogP contribution >= 0.6 is 11.3 Å². The Morgan fingerprint density at radius 2 is 1.83 bits per heavy atom. The number of aromatic nitrogens is 3. The molecule has 0 spiro atoms. The third kappa shape index (κ3) is 4.07. The quantitative estimate of drug-likeness (QED) is 0.362. The van der Waals surface area contributed by atoms with Crippen LogP contribution in [0.15, 0.2) is 30.5 Å². The topological polar surface area (TPSA) is 57.1 Å². The lowest BCUT2D eigenvalue weighted by molar-refractivity contribution is 0.208. The summed E-state index contributed by atoms with van der Waals surface area (Å²) in [5, 5.41) is 0.769. The first-order valence-electron chi connectivity index (χ1n) is 10.0. The molecule has 5 nitrogen and oxygen atoms in total. The van der Waals surface area contributed by atoms with Crippen LogP contribution in [-0.4, -0.2) is 27.2 Å². The van der Waals surface area contributed by atoms with Crippen molar-refractivity contribution in [2.75, 3.05) is 0 Å². The molecular weight excluding hydrogens is 401 g/mol. The maximum Gasteiger partial charge on any atom is 0.233 e. The van der Waals surface area contributed by atoms with E-state index >= 15 is 0 Å². The summed E-state index contributed by atoms with van der Waals surface area (Å²) in [4.78, 5) is 13.9. The molecule has 7 heteroatoms. The predicted octanol–water partition coefficient (Wildman–Crippen LogP) is 6.32. The largest absolute Gasteiger partial charge is 0.488 e. The summed E-state index contributed by atoms with van der Waals surface area (Å²) < 4.78 is 26.8. The molecule has 2 aromatic carbocycles. The van der Waals surface area contributed by atoms with E-state index < -0.39 is 5.82 Å². The van der Waals surface area contributed by atoms with Crippen molar-refractivity contribution < 1.29 is 13.9 Å². The first-order valence-corrected chi connectivity index (χ1v) is 10.9. The van der Waals surface area contributed by atoms with Crippen molar-refractivity contribution in [2.45, 2.75) is 53.2 Å². The zero-order valence-corrected chi connectivity index (χ0v) is 18.5. The van der Waals surface area contributed by atoms with Gasteiger partial charge in [-0.05, 0) is 51.8 Å². The third-order valence-electron chi connectivity index (χ3n) is 4.70. The number of hydrogen-bond acceptors (Lipinski definition) is 6. The molecule has 0 radical (unpaired) electrons. The minimum Gasteiger partial charge on any atom is -0.488 e. The van der Waals surface area contributed by atoms with Gasteiger partial charge in [-0.15, -0.1) is 11.3 Å². The fraction of sp³-hybridized carbons (Fsp3) is 0.348. The number of nitrogens with zero attached hydrogens (tertiary/aromatic N) is 3. The monoisotopic (exact) mass is 425 g/mol. The number of hydrogen-bond donors (Lipinski definition) is 0. The Kier molecular flexibility index (Phi) is 5.56. The van der Waals surface area contributed by atoms with Gasteiger partial charge in [0.05, 0.1) is 39.7 Å². The summed E-state index contributed by atoms with van der Waals surface area (Å²) in [5.41, 5.74) is 4.01. The highest BCUT2D eigenvalue weighted by Gasteiger charge is 2.16. The molecule has 2 aromatic heterocycles. The van der Waals surface area contributed by atoms with Crippen LogP contribution in [0.25, 0.3) is 31.8 Å². The molecule has 4 aromatic rings. The number of halogens is 1. The van der Waals surface area contributed by atoms with E-state index in [1.165, 1.54) is 17.4 Å². The molecule has 0 unspecified atom stereocenters. The van der Waals surface area contributed by atoms with Crippen LogP contribution in [0.3, 0.4) is 0 Å². The van der Waals surface area contributed by atoms with Crippen molar-refractivity contribution in [3.05, 3.63) is 41.8 Å². The molecule has 0 N–H and O–H groups in total. The van der Waals surface area contributed by atoms with Gasteiger partial charge in [0.1, 0.15) is 5.01 Å². The molecule has 0 fully saturated rings. The molecule has 1 atom stereocenters. The predicted molar refractivity (Wildman–Crippen MR) is 119 cm³/mol. The molecule has 0 saturated heterocycles. The lowest BCUT2D eigenvalue weighted by Gasteiger charge is -2.12. The second-order valence-electron chi connectivity index (χ2n) is 7.66. The second-order valence-corrected chi connectivity index (χ2v) is 8.69. The normalized spacial score (nSPS) is 12.6. The first-order chi connectivity index (χ1) is 14.3. The number of fused-ring (bicyclic) bond motifs is 2. The highest BCUT2D eigenvalue weighted by molar-refractivity contribution is 7.21. The van der Waals surface area contributed by atoms with Crippen LogP contribution in [-0.2, 0) is 0 Å². The Morgan fingerprint density at radius 3 is 2.57 bits per heavy atom. The van der Waals surface area contributed by atoms with E-state index in [1.54, 1.807) is 12.3 Å². The Hall–Kier alpha value is -2.80. The Labute approximate surface area is 178 Å². The molecule has 0 amide bonds. The van der Waals surface area contributed by atoms with Crippen molar-refractivity contribution in [1.29, 1.82) is 0 Å². The Balaban J connectivity index is 1.81. The first kappa shape index (κ1) is 20.5. The standard InChI is InChI=1S/C23H24FN3O2S/c1-6-14(5)29-19-10-20-17(9-16(19)24)27-23(30-20)15-7-13(4)8-18-22(15)25-11-21(26-18)28-12(2)3/h7-12,14H,6H2,1-5H3/t14-/m0/s1. The summed E-state index contributed by atoms with van der Waals surface area (Å²) in [6, 6.07) is 7.18. The van der Waals surface area contributed by atoms with E-state index in [2.05, 4.69) is 15.0 Å². The van der Waals surface area contributed by atoms with E-state index in [4.69, 9.17) is 9.47 Å². The Bertz CT molecular complexity index is 1220. The van der Waals surface area contributed by atoms with E-state index in [-0.39, 0.29) is 18.0 Å². The number of ether oxygens (including phenoxy) is 2. The van der Waals surface area contributed by atoms with E-state index in [0.717, 1.165) is 38.3 Å². The zero-order valence-electron chi connectivity index (χ0n) is 17.7. The highest BCUT2D eigenvalue weighted by atomic mass is 32.1. The van der Waals surface area contributed by atoms with Gasteiger partial charge in [0, 0.05) is 17.7 Å². The molecule has 0 aliphatic carbocycles. The van der Waals surface area contributed by atoms with Crippen molar-refractivity contribution in [3.8, 4) is 22.2 Å². The molecule has 0 bridgehead atoms. The molecule has 0 aliphatic heterocycles. The SMILES string of the molecule is CC[C@H](C)Oc1cc2sc(-c3cc(C)cc4nc(OC(C)C)cnc34)nc2cc1F. The zero-order chi connectivity index (χ0) is 21.4. The van der Waals surface area contributed by atoms with E-state index in [0.29, 0.717) is 11.4 Å². The molecule has 2 heterocycles. The maximum absolute atomic E-state index is 14.5. The number of rotatable bonds is 6. The summed E-state index contributed by atoms with van der Waals surface area (Å²) >= 11 is 1.49. The van der Waals surface area contributed by atoms with Gasteiger partial charge < -0.3 is 9.47 Å².